The lowest BCUT2D eigenvalue weighted by molar-refractivity contribution is -0.117. The number of anilines is 1. The molecule has 1 amide bonds. The average Bonchev–Trinajstić information content (AvgIpc) is 2.76. The molecule has 0 aliphatic carbocycles. The maximum Gasteiger partial charge on any atom is 0.231 e. The zero-order chi connectivity index (χ0) is 20.6. The van der Waals surface area contributed by atoms with Gasteiger partial charge in [0.05, 0.1) is 19.6 Å². The van der Waals surface area contributed by atoms with E-state index in [1.807, 2.05) is 74.5 Å². The first-order valence-electron chi connectivity index (χ1n) is 9.80. The van der Waals surface area contributed by atoms with E-state index < -0.39 is 0 Å². The van der Waals surface area contributed by atoms with Gasteiger partial charge in [0, 0.05) is 12.3 Å². The first-order valence-corrected chi connectivity index (χ1v) is 9.80. The Morgan fingerprint density at radius 3 is 2.34 bits per heavy atom. The number of hydrogen-bond donors (Lipinski definition) is 1. The molecule has 152 valence electrons. The van der Waals surface area contributed by atoms with Crippen LogP contribution in [0.25, 0.3) is 10.8 Å². The van der Waals surface area contributed by atoms with Gasteiger partial charge in [-0.3, -0.25) is 4.79 Å². The van der Waals surface area contributed by atoms with Gasteiger partial charge < -0.3 is 19.5 Å². The second kappa shape index (κ2) is 9.94. The van der Waals surface area contributed by atoms with Gasteiger partial charge in [-0.05, 0) is 66.6 Å². The highest BCUT2D eigenvalue weighted by molar-refractivity contribution is 5.96. The highest BCUT2D eigenvalue weighted by atomic mass is 16.5. The lowest BCUT2D eigenvalue weighted by atomic mass is 9.97. The number of methoxy groups -OCH3 is 1. The standard InChI is InChI=1S/C24H27NO4/c1-4-28-13-14-29-22-11-8-21(9-12-22)25-24(26)17(2)18-5-6-20-16-23(27-3)10-7-19(20)15-18/h5-12,15-17H,4,13-14H2,1-3H3,(H,25,26)/t17-/m0/s1. The number of ether oxygens (including phenoxy) is 3. The van der Waals surface area contributed by atoms with Crippen molar-refractivity contribution in [3.63, 3.8) is 0 Å². The number of benzene rings is 3. The molecule has 3 rings (SSSR count). The Morgan fingerprint density at radius 2 is 1.62 bits per heavy atom. The molecule has 5 nitrogen and oxygen atoms in total. The summed E-state index contributed by atoms with van der Waals surface area (Å²) >= 11 is 0. The van der Waals surface area contributed by atoms with Crippen LogP contribution < -0.4 is 14.8 Å². The highest BCUT2D eigenvalue weighted by Crippen LogP contribution is 2.26. The second-order valence-electron chi connectivity index (χ2n) is 6.75. The van der Waals surface area contributed by atoms with Crippen LogP contribution in [0.2, 0.25) is 0 Å². The van der Waals surface area contributed by atoms with Gasteiger partial charge in [0.15, 0.2) is 0 Å². The topological polar surface area (TPSA) is 56.8 Å². The molecular formula is C24H27NO4. The molecule has 0 bridgehead atoms. The Kier molecular flexibility index (Phi) is 7.09. The maximum absolute atomic E-state index is 12.7. The number of rotatable bonds is 9. The first kappa shape index (κ1) is 20.7. The summed E-state index contributed by atoms with van der Waals surface area (Å²) in [5.74, 6) is 1.24. The number of amides is 1. The lowest BCUT2D eigenvalue weighted by Gasteiger charge is -2.14. The molecule has 0 radical (unpaired) electrons. The summed E-state index contributed by atoms with van der Waals surface area (Å²) in [6.45, 7) is 5.60. The molecule has 29 heavy (non-hydrogen) atoms. The van der Waals surface area contributed by atoms with Crippen molar-refractivity contribution in [3.05, 3.63) is 66.2 Å². The van der Waals surface area contributed by atoms with Crippen molar-refractivity contribution in [2.24, 2.45) is 0 Å². The van der Waals surface area contributed by atoms with E-state index >= 15 is 0 Å². The molecule has 1 atom stereocenters. The van der Waals surface area contributed by atoms with Gasteiger partial charge in [-0.25, -0.2) is 0 Å². The van der Waals surface area contributed by atoms with E-state index in [0.29, 0.717) is 19.8 Å². The normalized spacial score (nSPS) is 11.8. The molecule has 0 aliphatic heterocycles. The summed E-state index contributed by atoms with van der Waals surface area (Å²) in [4.78, 5) is 12.7. The van der Waals surface area contributed by atoms with E-state index in [9.17, 15) is 4.79 Å². The van der Waals surface area contributed by atoms with E-state index in [1.54, 1.807) is 7.11 Å². The number of carbonyl (C=O) groups is 1. The molecule has 3 aromatic rings. The Morgan fingerprint density at radius 1 is 0.931 bits per heavy atom. The molecule has 0 heterocycles. The van der Waals surface area contributed by atoms with Crippen molar-refractivity contribution >= 4 is 22.4 Å². The molecule has 0 spiro atoms. The summed E-state index contributed by atoms with van der Waals surface area (Å²) in [5, 5.41) is 5.13. The number of carbonyl (C=O) groups excluding carboxylic acids is 1. The fourth-order valence-corrected chi connectivity index (χ4v) is 3.04. The Labute approximate surface area is 171 Å². The van der Waals surface area contributed by atoms with Crippen molar-refractivity contribution in [2.45, 2.75) is 19.8 Å². The Hall–Kier alpha value is -3.05. The minimum atomic E-state index is -0.274. The van der Waals surface area contributed by atoms with Gasteiger partial charge >= 0.3 is 0 Å². The molecule has 0 saturated heterocycles. The van der Waals surface area contributed by atoms with Crippen LogP contribution in [-0.2, 0) is 9.53 Å². The van der Waals surface area contributed by atoms with Crippen molar-refractivity contribution in [3.8, 4) is 11.5 Å². The van der Waals surface area contributed by atoms with Gasteiger partial charge in [0.1, 0.15) is 18.1 Å². The summed E-state index contributed by atoms with van der Waals surface area (Å²) in [7, 11) is 1.65. The largest absolute Gasteiger partial charge is 0.497 e. The minimum absolute atomic E-state index is 0.0529. The predicted octanol–water partition coefficient (Wildman–Crippen LogP) is 5.01. The van der Waals surface area contributed by atoms with Crippen molar-refractivity contribution in [1.82, 2.24) is 0 Å². The quantitative estimate of drug-likeness (QED) is 0.520. The van der Waals surface area contributed by atoms with E-state index in [0.717, 1.165) is 33.5 Å². The summed E-state index contributed by atoms with van der Waals surface area (Å²) < 4.78 is 16.1. The van der Waals surface area contributed by atoms with Crippen LogP contribution in [0.15, 0.2) is 60.7 Å². The van der Waals surface area contributed by atoms with Crippen LogP contribution in [0.5, 0.6) is 11.5 Å². The Balaban J connectivity index is 1.62. The van der Waals surface area contributed by atoms with E-state index in [-0.39, 0.29) is 11.8 Å². The molecule has 0 unspecified atom stereocenters. The third-order valence-corrected chi connectivity index (χ3v) is 4.79. The first-order chi connectivity index (χ1) is 14.1. The maximum atomic E-state index is 12.7. The third kappa shape index (κ3) is 5.48. The molecule has 5 heteroatoms. The fraction of sp³-hybridized carbons (Fsp3) is 0.292. The highest BCUT2D eigenvalue weighted by Gasteiger charge is 2.16. The van der Waals surface area contributed by atoms with E-state index in [2.05, 4.69) is 5.32 Å². The fourth-order valence-electron chi connectivity index (χ4n) is 3.04. The predicted molar refractivity (Wildman–Crippen MR) is 116 cm³/mol. The van der Waals surface area contributed by atoms with E-state index in [4.69, 9.17) is 14.2 Å². The van der Waals surface area contributed by atoms with Crippen molar-refractivity contribution < 1.29 is 19.0 Å². The zero-order valence-electron chi connectivity index (χ0n) is 17.1. The molecule has 0 aromatic heterocycles. The molecule has 0 saturated carbocycles. The molecule has 1 N–H and O–H groups in total. The Bertz CT molecular complexity index is 953. The van der Waals surface area contributed by atoms with E-state index in [1.165, 1.54) is 0 Å². The van der Waals surface area contributed by atoms with Crippen LogP contribution in [0, 0.1) is 0 Å². The van der Waals surface area contributed by atoms with Crippen molar-refractivity contribution in [1.29, 1.82) is 0 Å². The van der Waals surface area contributed by atoms with Crippen LogP contribution in [0.4, 0.5) is 5.69 Å². The average molecular weight is 393 g/mol. The number of hydrogen-bond acceptors (Lipinski definition) is 4. The van der Waals surface area contributed by atoms with Crippen LogP contribution >= 0.6 is 0 Å². The number of nitrogens with one attached hydrogen (secondary N) is 1. The summed E-state index contributed by atoms with van der Waals surface area (Å²) in [6.07, 6.45) is 0. The summed E-state index contributed by atoms with van der Waals surface area (Å²) in [6, 6.07) is 19.3. The third-order valence-electron chi connectivity index (χ3n) is 4.79. The van der Waals surface area contributed by atoms with Gasteiger partial charge in [-0.15, -0.1) is 0 Å². The van der Waals surface area contributed by atoms with Crippen LogP contribution in [0.3, 0.4) is 0 Å². The van der Waals surface area contributed by atoms with Gasteiger partial charge in [0.25, 0.3) is 0 Å². The van der Waals surface area contributed by atoms with Crippen LogP contribution in [-0.4, -0.2) is 32.8 Å². The molecule has 0 fully saturated rings. The molecular weight excluding hydrogens is 366 g/mol. The number of fused-ring (bicyclic) bond motifs is 1. The monoisotopic (exact) mass is 393 g/mol. The minimum Gasteiger partial charge on any atom is -0.497 e. The SMILES string of the molecule is CCOCCOc1ccc(NC(=O)[C@@H](C)c2ccc3cc(OC)ccc3c2)cc1. The molecule has 3 aromatic carbocycles. The smallest absolute Gasteiger partial charge is 0.231 e. The second-order valence-corrected chi connectivity index (χ2v) is 6.75. The lowest BCUT2D eigenvalue weighted by Crippen LogP contribution is -2.18. The summed E-state index contributed by atoms with van der Waals surface area (Å²) in [5.41, 5.74) is 1.71. The van der Waals surface area contributed by atoms with Crippen LogP contribution in [0.1, 0.15) is 25.3 Å². The van der Waals surface area contributed by atoms with Gasteiger partial charge in [-0.1, -0.05) is 24.3 Å². The molecule has 0 aliphatic rings. The van der Waals surface area contributed by atoms with Gasteiger partial charge in [-0.2, -0.15) is 0 Å². The van der Waals surface area contributed by atoms with Crippen molar-refractivity contribution in [2.75, 3.05) is 32.2 Å². The van der Waals surface area contributed by atoms with Gasteiger partial charge in [0.2, 0.25) is 5.91 Å². The zero-order valence-corrected chi connectivity index (χ0v) is 17.1.